The largest absolute Gasteiger partial charge is 0.385 e. The molecule has 0 saturated heterocycles. The minimum Gasteiger partial charge on any atom is -0.385 e. The predicted octanol–water partition coefficient (Wildman–Crippen LogP) is 1.55. The van der Waals surface area contributed by atoms with Gasteiger partial charge in [0.2, 0.25) is 0 Å². The van der Waals surface area contributed by atoms with Crippen molar-refractivity contribution < 1.29 is 9.53 Å². The highest BCUT2D eigenvalue weighted by molar-refractivity contribution is 5.96. The van der Waals surface area contributed by atoms with Crippen molar-refractivity contribution >= 4 is 22.6 Å². The highest BCUT2D eigenvalue weighted by Gasteiger charge is 2.17. The Labute approximate surface area is 162 Å². The van der Waals surface area contributed by atoms with Crippen LogP contribution in [0.4, 0.5) is 0 Å². The van der Waals surface area contributed by atoms with Crippen molar-refractivity contribution in [2.24, 2.45) is 5.92 Å². The zero-order valence-electron chi connectivity index (χ0n) is 16.4. The number of carbonyl (C=O) groups is 1. The molecule has 8 nitrogen and oxygen atoms in total. The minimum absolute atomic E-state index is 0.0389. The van der Waals surface area contributed by atoms with E-state index in [4.69, 9.17) is 10.1 Å². The number of nitrogens with zero attached hydrogens (tertiary/aromatic N) is 3. The number of methoxy groups -OCH3 is 1. The Morgan fingerprint density at radius 1 is 1.36 bits per heavy atom. The fraction of sp³-hybridized carbons (Fsp3) is 0.400. The molecule has 3 heterocycles. The quantitative estimate of drug-likeness (QED) is 0.477. The lowest BCUT2D eigenvalue weighted by molar-refractivity contribution is 0.0946. The summed E-state index contributed by atoms with van der Waals surface area (Å²) in [5.74, 6) is -0.0812. The molecule has 0 unspecified atom stereocenters. The van der Waals surface area contributed by atoms with Crippen LogP contribution in [0.15, 0.2) is 35.3 Å². The van der Waals surface area contributed by atoms with E-state index < -0.39 is 0 Å². The number of hydrogen-bond donors (Lipinski definition) is 2. The maximum atomic E-state index is 13.0. The summed E-state index contributed by atoms with van der Waals surface area (Å²) in [6.07, 6.45) is 2.28. The van der Waals surface area contributed by atoms with Crippen molar-refractivity contribution in [2.75, 3.05) is 20.3 Å². The number of fused-ring (bicyclic) bond motifs is 2. The maximum absolute atomic E-state index is 13.0. The van der Waals surface area contributed by atoms with Gasteiger partial charge in [-0.25, -0.2) is 4.98 Å². The molecule has 0 fully saturated rings. The van der Waals surface area contributed by atoms with Crippen molar-refractivity contribution in [2.45, 2.75) is 26.8 Å². The lowest BCUT2D eigenvalue weighted by Crippen LogP contribution is -2.36. The molecule has 3 aromatic heterocycles. The summed E-state index contributed by atoms with van der Waals surface area (Å²) in [6, 6.07) is 6.78. The second-order valence-corrected chi connectivity index (χ2v) is 7.09. The van der Waals surface area contributed by atoms with Crippen LogP contribution < -0.4 is 16.4 Å². The van der Waals surface area contributed by atoms with E-state index in [2.05, 4.69) is 10.3 Å². The minimum atomic E-state index is -0.362. The van der Waals surface area contributed by atoms with E-state index in [1.807, 2.05) is 13.8 Å². The van der Waals surface area contributed by atoms with Crippen LogP contribution in [-0.2, 0) is 11.3 Å². The Balaban J connectivity index is 2.24. The number of rotatable bonds is 7. The number of pyridine rings is 2. The average molecular weight is 383 g/mol. The molecule has 3 aromatic rings. The average Bonchev–Trinajstić information content (AvgIpc) is 2.68. The Morgan fingerprint density at radius 2 is 2.14 bits per heavy atom. The fourth-order valence-electron chi connectivity index (χ4n) is 3.04. The van der Waals surface area contributed by atoms with Crippen LogP contribution in [0.5, 0.6) is 0 Å². The van der Waals surface area contributed by atoms with E-state index in [9.17, 15) is 9.59 Å². The smallest absolute Gasteiger partial charge is 0.267 e. The molecule has 0 aromatic carbocycles. The molecule has 148 valence electrons. The first-order valence-electron chi connectivity index (χ1n) is 9.30. The van der Waals surface area contributed by atoms with Gasteiger partial charge in [-0.05, 0) is 30.5 Å². The Morgan fingerprint density at radius 3 is 2.86 bits per heavy atom. The second-order valence-electron chi connectivity index (χ2n) is 7.09. The fourth-order valence-corrected chi connectivity index (χ4v) is 3.04. The standard InChI is InChI=1S/C20H25N5O3/c1-13(2)12-22-19(26)14-11-15-18(25(17(14)21)9-6-10-28-3)23-16-7-4-5-8-24(16)20(15)27/h4-5,7-8,11,13,21H,6,9-10,12H2,1-3H3,(H,22,26). The number of aromatic nitrogens is 3. The van der Waals surface area contributed by atoms with Crippen LogP contribution in [0.2, 0.25) is 0 Å². The molecule has 3 rings (SSSR count). The third-order valence-electron chi connectivity index (χ3n) is 4.46. The van der Waals surface area contributed by atoms with E-state index in [0.717, 1.165) is 0 Å². The highest BCUT2D eigenvalue weighted by Crippen LogP contribution is 2.11. The molecule has 28 heavy (non-hydrogen) atoms. The van der Waals surface area contributed by atoms with Crippen LogP contribution in [0.25, 0.3) is 16.7 Å². The molecule has 0 aliphatic heterocycles. The third-order valence-corrected chi connectivity index (χ3v) is 4.46. The van der Waals surface area contributed by atoms with Gasteiger partial charge in [0.1, 0.15) is 16.8 Å². The van der Waals surface area contributed by atoms with Gasteiger partial charge >= 0.3 is 0 Å². The molecule has 0 atom stereocenters. The van der Waals surface area contributed by atoms with E-state index in [0.29, 0.717) is 42.8 Å². The lowest BCUT2D eigenvalue weighted by Gasteiger charge is -2.15. The number of ether oxygens (including phenoxy) is 1. The molecule has 8 heteroatoms. The Hall–Kier alpha value is -3.00. The van der Waals surface area contributed by atoms with Gasteiger partial charge in [-0.1, -0.05) is 19.9 Å². The number of carbonyl (C=O) groups excluding carboxylic acids is 1. The molecule has 0 bridgehead atoms. The van der Waals surface area contributed by atoms with E-state index in [1.165, 1.54) is 10.5 Å². The summed E-state index contributed by atoms with van der Waals surface area (Å²) in [7, 11) is 1.61. The van der Waals surface area contributed by atoms with Gasteiger partial charge in [-0.15, -0.1) is 0 Å². The monoisotopic (exact) mass is 383 g/mol. The number of hydrogen-bond acceptors (Lipinski definition) is 5. The van der Waals surface area contributed by atoms with Gasteiger partial charge in [0.25, 0.3) is 11.5 Å². The summed E-state index contributed by atoms with van der Waals surface area (Å²) in [6.45, 7) is 5.41. The molecule has 0 spiro atoms. The number of nitrogens with one attached hydrogen (secondary N) is 2. The first kappa shape index (κ1) is 19.8. The van der Waals surface area contributed by atoms with Crippen molar-refractivity contribution in [3.63, 3.8) is 0 Å². The van der Waals surface area contributed by atoms with Crippen molar-refractivity contribution in [3.8, 4) is 0 Å². The summed E-state index contributed by atoms with van der Waals surface area (Å²) in [4.78, 5) is 30.3. The van der Waals surface area contributed by atoms with Crippen LogP contribution in [0.3, 0.4) is 0 Å². The number of amides is 1. The van der Waals surface area contributed by atoms with Gasteiger partial charge in [-0.2, -0.15) is 0 Å². The predicted molar refractivity (Wildman–Crippen MR) is 106 cm³/mol. The van der Waals surface area contributed by atoms with Gasteiger partial charge in [0, 0.05) is 33.0 Å². The Kier molecular flexibility index (Phi) is 5.89. The van der Waals surface area contributed by atoms with E-state index in [1.54, 1.807) is 36.1 Å². The molecular weight excluding hydrogens is 358 g/mol. The number of aryl methyl sites for hydroxylation is 1. The summed E-state index contributed by atoms with van der Waals surface area (Å²) in [5, 5.41) is 11.7. The van der Waals surface area contributed by atoms with Crippen LogP contribution >= 0.6 is 0 Å². The lowest BCUT2D eigenvalue weighted by atomic mass is 10.1. The van der Waals surface area contributed by atoms with Gasteiger partial charge < -0.3 is 14.6 Å². The maximum Gasteiger partial charge on any atom is 0.267 e. The first-order chi connectivity index (χ1) is 13.4. The van der Waals surface area contributed by atoms with Gasteiger partial charge in [0.05, 0.1) is 10.9 Å². The molecule has 1 amide bonds. The zero-order chi connectivity index (χ0) is 20.3. The highest BCUT2D eigenvalue weighted by atomic mass is 16.5. The molecule has 0 aliphatic carbocycles. The normalized spacial score (nSPS) is 11.4. The SMILES string of the molecule is COCCCn1c(=N)c(C(=O)NCC(C)C)cc2c(=O)n3ccccc3nc21. The van der Waals surface area contributed by atoms with Crippen molar-refractivity contribution in [1.29, 1.82) is 5.41 Å². The molecule has 0 radical (unpaired) electrons. The topological polar surface area (TPSA) is 101 Å². The third kappa shape index (κ3) is 3.82. The molecular formula is C20H25N5O3. The van der Waals surface area contributed by atoms with Crippen LogP contribution in [0.1, 0.15) is 30.6 Å². The summed E-state index contributed by atoms with van der Waals surface area (Å²) in [5.41, 5.74) is 0.839. The van der Waals surface area contributed by atoms with Crippen molar-refractivity contribution in [3.05, 3.63) is 51.9 Å². The first-order valence-corrected chi connectivity index (χ1v) is 9.30. The van der Waals surface area contributed by atoms with Crippen LogP contribution in [-0.4, -0.2) is 40.1 Å². The molecule has 2 N–H and O–H groups in total. The zero-order valence-corrected chi connectivity index (χ0v) is 16.4. The van der Waals surface area contributed by atoms with E-state index in [-0.39, 0.29) is 28.4 Å². The van der Waals surface area contributed by atoms with Gasteiger partial charge in [0.15, 0.2) is 0 Å². The second kappa shape index (κ2) is 8.35. The summed E-state index contributed by atoms with van der Waals surface area (Å²) >= 11 is 0. The van der Waals surface area contributed by atoms with Crippen molar-refractivity contribution in [1.82, 2.24) is 19.3 Å². The van der Waals surface area contributed by atoms with Gasteiger partial charge in [-0.3, -0.25) is 19.4 Å². The van der Waals surface area contributed by atoms with Crippen LogP contribution in [0, 0.1) is 11.3 Å². The molecule has 0 saturated carbocycles. The summed E-state index contributed by atoms with van der Waals surface area (Å²) < 4.78 is 8.18. The Bertz CT molecular complexity index is 1130. The van der Waals surface area contributed by atoms with E-state index >= 15 is 0 Å². The molecule has 0 aliphatic rings.